The molecule has 0 fully saturated rings. The summed E-state index contributed by atoms with van der Waals surface area (Å²) in [6.07, 6.45) is 2.19. The van der Waals surface area contributed by atoms with Crippen molar-refractivity contribution in [1.82, 2.24) is 0 Å². The van der Waals surface area contributed by atoms with E-state index in [0.717, 1.165) is 27.5 Å². The van der Waals surface area contributed by atoms with Crippen molar-refractivity contribution in [1.29, 1.82) is 5.26 Å². The summed E-state index contributed by atoms with van der Waals surface area (Å²) in [5.74, 6) is -0.422. The number of hydrogen-bond donors (Lipinski definition) is 2. The van der Waals surface area contributed by atoms with Crippen LogP contribution in [-0.4, -0.2) is 11.0 Å². The minimum absolute atomic E-state index is 0.0187. The second kappa shape index (κ2) is 9.38. The number of anilines is 1. The van der Waals surface area contributed by atoms with E-state index in [9.17, 15) is 15.2 Å². The lowest BCUT2D eigenvalue weighted by atomic mass is 9.93. The number of rotatable bonds is 5. The molecule has 0 aliphatic heterocycles. The molecule has 32 heavy (non-hydrogen) atoms. The number of nitrogens with zero attached hydrogens (tertiary/aromatic N) is 1. The van der Waals surface area contributed by atoms with Crippen molar-refractivity contribution in [3.05, 3.63) is 112 Å². The van der Waals surface area contributed by atoms with Gasteiger partial charge in [0.2, 0.25) is 0 Å². The average Bonchev–Trinajstić information content (AvgIpc) is 2.81. The SMILES string of the molecule is N#C/C(=C\c1c(Cc2ccccc2Cl)ccc2ccccc12)C(=O)Nc1ccc(O)cc1. The van der Waals surface area contributed by atoms with Crippen LogP contribution in [0.2, 0.25) is 5.02 Å². The molecular weight excluding hydrogens is 420 g/mol. The van der Waals surface area contributed by atoms with Crippen LogP contribution in [0.15, 0.2) is 90.5 Å². The Labute approximate surface area is 191 Å². The lowest BCUT2D eigenvalue weighted by Gasteiger charge is -2.12. The van der Waals surface area contributed by atoms with Gasteiger partial charge in [0.1, 0.15) is 17.4 Å². The highest BCUT2D eigenvalue weighted by Crippen LogP contribution is 2.29. The number of phenolic OH excluding ortho intramolecular Hbond substituents is 1. The highest BCUT2D eigenvalue weighted by molar-refractivity contribution is 6.31. The molecule has 0 aliphatic rings. The molecular formula is C27H19ClN2O2. The van der Waals surface area contributed by atoms with Gasteiger partial charge < -0.3 is 10.4 Å². The third-order valence-corrected chi connectivity index (χ3v) is 5.55. The van der Waals surface area contributed by atoms with E-state index in [2.05, 4.69) is 5.32 Å². The monoisotopic (exact) mass is 438 g/mol. The van der Waals surface area contributed by atoms with Crippen molar-refractivity contribution < 1.29 is 9.90 Å². The van der Waals surface area contributed by atoms with Gasteiger partial charge in [-0.25, -0.2) is 0 Å². The first-order valence-corrected chi connectivity index (χ1v) is 10.4. The first-order valence-electron chi connectivity index (χ1n) is 10.0. The van der Waals surface area contributed by atoms with Gasteiger partial charge in [-0.15, -0.1) is 0 Å². The molecule has 0 bridgehead atoms. The number of benzene rings is 4. The van der Waals surface area contributed by atoms with E-state index in [1.807, 2.05) is 66.7 Å². The molecule has 4 rings (SSSR count). The number of nitriles is 1. The molecule has 2 N–H and O–H groups in total. The predicted octanol–water partition coefficient (Wildman–Crippen LogP) is 6.34. The quantitative estimate of drug-likeness (QED) is 0.217. The zero-order chi connectivity index (χ0) is 22.5. The number of phenols is 1. The van der Waals surface area contributed by atoms with Crippen LogP contribution in [0.1, 0.15) is 16.7 Å². The minimum atomic E-state index is -0.519. The summed E-state index contributed by atoms with van der Waals surface area (Å²) in [5.41, 5.74) is 3.20. The first kappa shape index (κ1) is 21.2. The average molecular weight is 439 g/mol. The Bertz CT molecular complexity index is 1370. The number of carbonyl (C=O) groups is 1. The van der Waals surface area contributed by atoms with Gasteiger partial charge in [-0.1, -0.05) is 66.2 Å². The maximum atomic E-state index is 12.8. The number of aromatic hydroxyl groups is 1. The molecule has 0 spiro atoms. The number of amides is 1. The van der Waals surface area contributed by atoms with Crippen molar-refractivity contribution in [3.63, 3.8) is 0 Å². The van der Waals surface area contributed by atoms with E-state index in [-0.39, 0.29) is 11.3 Å². The summed E-state index contributed by atoms with van der Waals surface area (Å²) in [6.45, 7) is 0. The molecule has 4 nitrogen and oxygen atoms in total. The highest BCUT2D eigenvalue weighted by atomic mass is 35.5. The number of fused-ring (bicyclic) bond motifs is 1. The van der Waals surface area contributed by atoms with Crippen molar-refractivity contribution in [3.8, 4) is 11.8 Å². The Kier molecular flexibility index (Phi) is 6.21. The van der Waals surface area contributed by atoms with Crippen LogP contribution in [-0.2, 0) is 11.2 Å². The third kappa shape index (κ3) is 4.64. The van der Waals surface area contributed by atoms with Crippen molar-refractivity contribution in [2.75, 3.05) is 5.32 Å². The Balaban J connectivity index is 1.77. The molecule has 0 saturated carbocycles. The molecule has 0 radical (unpaired) electrons. The summed E-state index contributed by atoms with van der Waals surface area (Å²) in [6, 6.07) is 27.6. The van der Waals surface area contributed by atoms with Crippen molar-refractivity contribution in [2.45, 2.75) is 6.42 Å². The normalized spacial score (nSPS) is 11.2. The smallest absolute Gasteiger partial charge is 0.266 e. The largest absolute Gasteiger partial charge is 0.508 e. The molecule has 0 heterocycles. The Hall–Kier alpha value is -4.07. The molecule has 5 heteroatoms. The van der Waals surface area contributed by atoms with E-state index in [1.54, 1.807) is 18.2 Å². The second-order valence-electron chi connectivity index (χ2n) is 7.30. The van der Waals surface area contributed by atoms with Gasteiger partial charge >= 0.3 is 0 Å². The van der Waals surface area contributed by atoms with E-state index >= 15 is 0 Å². The molecule has 0 aromatic heterocycles. The van der Waals surface area contributed by atoms with Gasteiger partial charge in [-0.05, 0) is 70.3 Å². The lowest BCUT2D eigenvalue weighted by Crippen LogP contribution is -2.13. The number of halogens is 1. The third-order valence-electron chi connectivity index (χ3n) is 5.18. The molecule has 1 amide bonds. The fraction of sp³-hybridized carbons (Fsp3) is 0.0370. The zero-order valence-electron chi connectivity index (χ0n) is 17.0. The van der Waals surface area contributed by atoms with E-state index in [4.69, 9.17) is 11.6 Å². The van der Waals surface area contributed by atoms with Crippen LogP contribution in [0.3, 0.4) is 0 Å². The van der Waals surface area contributed by atoms with E-state index < -0.39 is 5.91 Å². The van der Waals surface area contributed by atoms with Crippen LogP contribution in [0, 0.1) is 11.3 Å². The number of hydrogen-bond acceptors (Lipinski definition) is 3. The predicted molar refractivity (Wildman–Crippen MR) is 129 cm³/mol. The van der Waals surface area contributed by atoms with Crippen molar-refractivity contribution >= 4 is 40.0 Å². The Morgan fingerprint density at radius 2 is 1.66 bits per heavy atom. The van der Waals surface area contributed by atoms with Gasteiger partial charge in [-0.2, -0.15) is 5.26 Å². The molecule has 4 aromatic rings. The van der Waals surface area contributed by atoms with Crippen LogP contribution < -0.4 is 5.32 Å². The van der Waals surface area contributed by atoms with Gasteiger partial charge in [0.25, 0.3) is 5.91 Å². The molecule has 0 atom stereocenters. The Morgan fingerprint density at radius 3 is 2.41 bits per heavy atom. The minimum Gasteiger partial charge on any atom is -0.508 e. The summed E-state index contributed by atoms with van der Waals surface area (Å²) >= 11 is 6.38. The molecule has 0 unspecified atom stereocenters. The van der Waals surface area contributed by atoms with Crippen molar-refractivity contribution in [2.24, 2.45) is 0 Å². The van der Waals surface area contributed by atoms with Gasteiger partial charge in [-0.3, -0.25) is 4.79 Å². The molecule has 156 valence electrons. The van der Waals surface area contributed by atoms with Gasteiger partial charge in [0.05, 0.1) is 0 Å². The lowest BCUT2D eigenvalue weighted by molar-refractivity contribution is -0.112. The van der Waals surface area contributed by atoms with Crippen LogP contribution >= 0.6 is 11.6 Å². The van der Waals surface area contributed by atoms with Gasteiger partial charge in [0, 0.05) is 10.7 Å². The standard InChI is InChI=1S/C27H19ClN2O2/c28-26-8-4-2-6-20(26)15-19-10-9-18-5-1-3-7-24(18)25(19)16-21(17-29)27(32)30-22-11-13-23(31)14-12-22/h1-14,16,31H,15H2,(H,30,32)/b21-16+. The molecule has 0 saturated heterocycles. The summed E-state index contributed by atoms with van der Waals surface area (Å²) in [4.78, 5) is 12.8. The molecule has 0 aliphatic carbocycles. The second-order valence-corrected chi connectivity index (χ2v) is 7.71. The number of carbonyl (C=O) groups excluding carboxylic acids is 1. The van der Waals surface area contributed by atoms with Crippen LogP contribution in [0.5, 0.6) is 5.75 Å². The zero-order valence-corrected chi connectivity index (χ0v) is 17.8. The fourth-order valence-electron chi connectivity index (χ4n) is 3.55. The topological polar surface area (TPSA) is 73.1 Å². The highest BCUT2D eigenvalue weighted by Gasteiger charge is 2.14. The van der Waals surface area contributed by atoms with Gasteiger partial charge in [0.15, 0.2) is 0 Å². The van der Waals surface area contributed by atoms with Crippen LogP contribution in [0.25, 0.3) is 16.8 Å². The maximum Gasteiger partial charge on any atom is 0.266 e. The summed E-state index contributed by atoms with van der Waals surface area (Å²) < 4.78 is 0. The maximum absolute atomic E-state index is 12.8. The summed E-state index contributed by atoms with van der Waals surface area (Å²) in [7, 11) is 0. The Morgan fingerprint density at radius 1 is 0.938 bits per heavy atom. The fourth-order valence-corrected chi connectivity index (χ4v) is 3.75. The van der Waals surface area contributed by atoms with E-state index in [0.29, 0.717) is 17.1 Å². The number of nitrogens with one attached hydrogen (secondary N) is 1. The summed E-state index contributed by atoms with van der Waals surface area (Å²) in [5, 5.41) is 24.5. The van der Waals surface area contributed by atoms with Crippen LogP contribution in [0.4, 0.5) is 5.69 Å². The molecule has 4 aromatic carbocycles. The first-order chi connectivity index (χ1) is 15.5. The van der Waals surface area contributed by atoms with E-state index in [1.165, 1.54) is 12.1 Å².